The molecule has 2 heterocycles. The summed E-state index contributed by atoms with van der Waals surface area (Å²) in [6.07, 6.45) is 5.95. The Morgan fingerprint density at radius 3 is 2.83 bits per heavy atom. The average Bonchev–Trinajstić information content (AvgIpc) is 2.41. The molecule has 0 unspecified atom stereocenters. The Labute approximate surface area is 109 Å². The van der Waals surface area contributed by atoms with E-state index >= 15 is 0 Å². The fraction of sp³-hybridized carbons (Fsp3) is 0.692. The first-order valence-corrected chi connectivity index (χ1v) is 6.63. The van der Waals surface area contributed by atoms with Crippen LogP contribution in [-0.2, 0) is 4.74 Å². The maximum Gasteiger partial charge on any atom is 0.149 e. The van der Waals surface area contributed by atoms with Crippen molar-refractivity contribution in [1.82, 2.24) is 9.97 Å². The highest BCUT2D eigenvalue weighted by atomic mass is 16.5. The number of nitrogens with one attached hydrogen (secondary N) is 1. The monoisotopic (exact) mass is 250 g/mol. The fourth-order valence-electron chi connectivity index (χ4n) is 2.34. The maximum absolute atomic E-state index is 5.22. The predicted octanol–water partition coefficient (Wildman–Crippen LogP) is 1.77. The lowest BCUT2D eigenvalue weighted by atomic mass is 9.98. The molecule has 0 atom stereocenters. The van der Waals surface area contributed by atoms with Crippen LogP contribution in [0.25, 0.3) is 0 Å². The van der Waals surface area contributed by atoms with Gasteiger partial charge in [-0.3, -0.25) is 4.98 Å². The fourth-order valence-corrected chi connectivity index (χ4v) is 2.34. The van der Waals surface area contributed by atoms with Crippen molar-refractivity contribution < 1.29 is 4.74 Å². The number of nitrogens with zero attached hydrogens (tertiary/aromatic N) is 3. The van der Waals surface area contributed by atoms with Crippen LogP contribution in [0.15, 0.2) is 12.4 Å². The average molecular weight is 250 g/mol. The molecule has 1 aromatic heterocycles. The van der Waals surface area contributed by atoms with Gasteiger partial charge in [0, 0.05) is 33.4 Å². The zero-order valence-corrected chi connectivity index (χ0v) is 11.2. The molecule has 0 spiro atoms. The van der Waals surface area contributed by atoms with Crippen molar-refractivity contribution in [2.45, 2.75) is 19.8 Å². The highest BCUT2D eigenvalue weighted by molar-refractivity contribution is 5.44. The van der Waals surface area contributed by atoms with Crippen molar-refractivity contribution in [3.8, 4) is 0 Å². The Kier molecular flexibility index (Phi) is 4.75. The van der Waals surface area contributed by atoms with Crippen molar-refractivity contribution in [2.75, 3.05) is 43.6 Å². The van der Waals surface area contributed by atoms with Crippen molar-refractivity contribution in [3.63, 3.8) is 0 Å². The van der Waals surface area contributed by atoms with Gasteiger partial charge in [-0.15, -0.1) is 0 Å². The van der Waals surface area contributed by atoms with Gasteiger partial charge in [-0.2, -0.15) is 0 Å². The summed E-state index contributed by atoms with van der Waals surface area (Å²) >= 11 is 0. The van der Waals surface area contributed by atoms with Crippen LogP contribution in [0, 0.1) is 5.92 Å². The van der Waals surface area contributed by atoms with Gasteiger partial charge >= 0.3 is 0 Å². The summed E-state index contributed by atoms with van der Waals surface area (Å²) in [4.78, 5) is 11.1. The van der Waals surface area contributed by atoms with E-state index in [0.717, 1.165) is 37.9 Å². The standard InChI is InChI=1S/C13H22N4O/c1-3-15-12-8-14-9-13(16-12)17-6-4-11(5-7-17)10-18-2/h8-9,11H,3-7,10H2,1-2H3,(H,15,16). The third-order valence-electron chi connectivity index (χ3n) is 3.32. The van der Waals surface area contributed by atoms with Crippen molar-refractivity contribution in [3.05, 3.63) is 12.4 Å². The van der Waals surface area contributed by atoms with Gasteiger partial charge in [0.25, 0.3) is 0 Å². The van der Waals surface area contributed by atoms with E-state index in [1.54, 1.807) is 13.3 Å². The van der Waals surface area contributed by atoms with E-state index in [2.05, 4.69) is 27.1 Å². The topological polar surface area (TPSA) is 50.3 Å². The molecule has 5 heteroatoms. The van der Waals surface area contributed by atoms with E-state index in [9.17, 15) is 0 Å². The molecule has 1 fully saturated rings. The number of methoxy groups -OCH3 is 1. The smallest absolute Gasteiger partial charge is 0.149 e. The SMILES string of the molecule is CCNc1cncc(N2CCC(COC)CC2)n1. The first-order chi connectivity index (χ1) is 8.83. The van der Waals surface area contributed by atoms with E-state index in [1.807, 2.05) is 6.20 Å². The minimum absolute atomic E-state index is 0.691. The number of ether oxygens (including phenoxy) is 1. The molecular formula is C13H22N4O. The van der Waals surface area contributed by atoms with Gasteiger partial charge in [-0.25, -0.2) is 4.98 Å². The van der Waals surface area contributed by atoms with Crippen LogP contribution in [-0.4, -0.2) is 43.3 Å². The molecule has 1 N–H and O–H groups in total. The zero-order chi connectivity index (χ0) is 12.8. The van der Waals surface area contributed by atoms with E-state index in [4.69, 9.17) is 4.74 Å². The largest absolute Gasteiger partial charge is 0.384 e. The van der Waals surface area contributed by atoms with Crippen molar-refractivity contribution >= 4 is 11.6 Å². The van der Waals surface area contributed by atoms with Crippen LogP contribution in [0.1, 0.15) is 19.8 Å². The molecule has 1 saturated heterocycles. The van der Waals surface area contributed by atoms with E-state index in [1.165, 1.54) is 12.8 Å². The first kappa shape index (κ1) is 13.1. The summed E-state index contributed by atoms with van der Waals surface area (Å²) in [6.45, 7) is 5.88. The molecule has 18 heavy (non-hydrogen) atoms. The molecule has 2 rings (SSSR count). The number of piperidine rings is 1. The summed E-state index contributed by atoms with van der Waals surface area (Å²) in [5.41, 5.74) is 0. The highest BCUT2D eigenvalue weighted by Gasteiger charge is 2.20. The van der Waals surface area contributed by atoms with Gasteiger partial charge in [0.15, 0.2) is 0 Å². The van der Waals surface area contributed by atoms with E-state index in [0.29, 0.717) is 5.92 Å². The number of anilines is 2. The number of aromatic nitrogens is 2. The summed E-state index contributed by atoms with van der Waals surface area (Å²) in [6, 6.07) is 0. The summed E-state index contributed by atoms with van der Waals surface area (Å²) < 4.78 is 5.22. The third-order valence-corrected chi connectivity index (χ3v) is 3.32. The van der Waals surface area contributed by atoms with Gasteiger partial charge in [0.2, 0.25) is 0 Å². The van der Waals surface area contributed by atoms with Crippen molar-refractivity contribution in [1.29, 1.82) is 0 Å². The Balaban J connectivity index is 1.94. The molecule has 0 aliphatic carbocycles. The molecule has 0 saturated carbocycles. The lowest BCUT2D eigenvalue weighted by Crippen LogP contribution is -2.35. The van der Waals surface area contributed by atoms with Gasteiger partial charge in [0.05, 0.1) is 12.4 Å². The molecule has 5 nitrogen and oxygen atoms in total. The summed E-state index contributed by atoms with van der Waals surface area (Å²) in [5.74, 6) is 2.52. The van der Waals surface area contributed by atoms with Gasteiger partial charge in [0.1, 0.15) is 11.6 Å². The molecule has 1 aliphatic heterocycles. The van der Waals surface area contributed by atoms with Crippen LogP contribution in [0.4, 0.5) is 11.6 Å². The summed E-state index contributed by atoms with van der Waals surface area (Å²) in [5, 5.41) is 3.20. The zero-order valence-electron chi connectivity index (χ0n) is 11.2. The second-order valence-corrected chi connectivity index (χ2v) is 4.68. The molecule has 0 aromatic carbocycles. The number of rotatable bonds is 5. The van der Waals surface area contributed by atoms with Crippen molar-refractivity contribution in [2.24, 2.45) is 5.92 Å². The van der Waals surface area contributed by atoms with Crippen LogP contribution in [0.2, 0.25) is 0 Å². The van der Waals surface area contributed by atoms with E-state index < -0.39 is 0 Å². The first-order valence-electron chi connectivity index (χ1n) is 6.63. The van der Waals surface area contributed by atoms with Crippen LogP contribution < -0.4 is 10.2 Å². The van der Waals surface area contributed by atoms with Gasteiger partial charge in [-0.05, 0) is 25.7 Å². The van der Waals surface area contributed by atoms with Gasteiger partial charge < -0.3 is 15.0 Å². The molecular weight excluding hydrogens is 228 g/mol. The Morgan fingerprint density at radius 2 is 2.17 bits per heavy atom. The van der Waals surface area contributed by atoms with Crippen LogP contribution in [0.5, 0.6) is 0 Å². The minimum atomic E-state index is 0.691. The Bertz CT molecular complexity index is 364. The molecule has 0 radical (unpaired) electrons. The lowest BCUT2D eigenvalue weighted by Gasteiger charge is -2.32. The van der Waals surface area contributed by atoms with Gasteiger partial charge in [-0.1, -0.05) is 0 Å². The lowest BCUT2D eigenvalue weighted by molar-refractivity contribution is 0.139. The molecule has 0 amide bonds. The van der Waals surface area contributed by atoms with Crippen LogP contribution >= 0.6 is 0 Å². The molecule has 1 aromatic rings. The molecule has 100 valence electrons. The quantitative estimate of drug-likeness (QED) is 0.863. The molecule has 1 aliphatic rings. The second-order valence-electron chi connectivity index (χ2n) is 4.68. The second kappa shape index (κ2) is 6.54. The third kappa shape index (κ3) is 3.32. The Hall–Kier alpha value is -1.36. The Morgan fingerprint density at radius 1 is 1.39 bits per heavy atom. The minimum Gasteiger partial charge on any atom is -0.384 e. The number of hydrogen-bond acceptors (Lipinski definition) is 5. The predicted molar refractivity (Wildman–Crippen MR) is 73.0 cm³/mol. The van der Waals surface area contributed by atoms with Crippen LogP contribution in [0.3, 0.4) is 0 Å². The highest BCUT2D eigenvalue weighted by Crippen LogP contribution is 2.22. The number of hydrogen-bond donors (Lipinski definition) is 1. The normalized spacial score (nSPS) is 16.9. The maximum atomic E-state index is 5.22. The van der Waals surface area contributed by atoms with E-state index in [-0.39, 0.29) is 0 Å². The summed E-state index contributed by atoms with van der Waals surface area (Å²) in [7, 11) is 1.78. The molecule has 0 bridgehead atoms.